The lowest BCUT2D eigenvalue weighted by atomic mass is 10.1. The number of nitrogens with two attached hydrogens (primary N) is 1. The van der Waals surface area contributed by atoms with E-state index in [0.29, 0.717) is 38.0 Å². The van der Waals surface area contributed by atoms with Gasteiger partial charge in [0.2, 0.25) is 11.8 Å². The molecular weight excluding hydrogens is 356 g/mol. The number of nitrogens with zero attached hydrogens (tertiary/aromatic N) is 1. The van der Waals surface area contributed by atoms with Crippen LogP contribution in [-0.4, -0.2) is 48.3 Å². The second kappa shape index (κ2) is 13.9. The van der Waals surface area contributed by atoms with Gasteiger partial charge in [-0.3, -0.25) is 14.4 Å². The van der Waals surface area contributed by atoms with E-state index in [1.165, 1.54) is 18.9 Å². The molecule has 1 atom stereocenters. The van der Waals surface area contributed by atoms with Gasteiger partial charge in [-0.25, -0.2) is 0 Å². The predicted octanol–water partition coefficient (Wildman–Crippen LogP) is 1.99. The molecule has 0 spiro atoms. The maximum atomic E-state index is 12.0. The second-order valence-electron chi connectivity index (χ2n) is 7.22. The van der Waals surface area contributed by atoms with E-state index in [0.717, 1.165) is 32.2 Å². The Bertz CT molecular complexity index is 542. The van der Waals surface area contributed by atoms with Crippen molar-refractivity contribution < 1.29 is 14.4 Å². The zero-order valence-electron chi connectivity index (χ0n) is 17.2. The molecule has 1 unspecified atom stereocenters. The van der Waals surface area contributed by atoms with Crippen molar-refractivity contribution in [2.24, 2.45) is 5.73 Å². The highest BCUT2D eigenvalue weighted by Gasteiger charge is 2.18. The van der Waals surface area contributed by atoms with Gasteiger partial charge in [-0.05, 0) is 38.2 Å². The van der Waals surface area contributed by atoms with E-state index in [1.807, 2.05) is 0 Å². The summed E-state index contributed by atoms with van der Waals surface area (Å²) in [5.74, 6) is -0.206. The first-order valence-electron chi connectivity index (χ1n) is 10.4. The molecule has 0 fully saturated rings. The van der Waals surface area contributed by atoms with Crippen LogP contribution in [0.2, 0.25) is 0 Å². The van der Waals surface area contributed by atoms with Crippen LogP contribution in [0.15, 0.2) is 24.4 Å². The molecule has 3 amide bonds. The molecule has 0 aromatic rings. The summed E-state index contributed by atoms with van der Waals surface area (Å²) in [6.07, 6.45) is 10.8. The summed E-state index contributed by atoms with van der Waals surface area (Å²) in [5, 5.41) is 5.69. The number of carbonyl (C=O) groups is 3. The molecule has 0 aliphatic carbocycles. The molecule has 158 valence electrons. The van der Waals surface area contributed by atoms with Crippen LogP contribution in [0.4, 0.5) is 0 Å². The number of rotatable bonds is 15. The Morgan fingerprint density at radius 2 is 1.82 bits per heavy atom. The topological polar surface area (TPSA) is 105 Å². The molecule has 1 aliphatic heterocycles. The smallest absolute Gasteiger partial charge is 0.251 e. The van der Waals surface area contributed by atoms with E-state index in [-0.39, 0.29) is 17.7 Å². The Balaban J connectivity index is 2.01. The van der Waals surface area contributed by atoms with Gasteiger partial charge in [-0.15, -0.1) is 0 Å². The third-order valence-electron chi connectivity index (χ3n) is 4.75. The summed E-state index contributed by atoms with van der Waals surface area (Å²) in [5.41, 5.74) is 6.62. The molecule has 0 aromatic heterocycles. The minimum atomic E-state index is -0.567. The van der Waals surface area contributed by atoms with Gasteiger partial charge in [0.05, 0.1) is 6.04 Å². The second-order valence-corrected chi connectivity index (χ2v) is 7.22. The first-order valence-corrected chi connectivity index (χ1v) is 10.4. The van der Waals surface area contributed by atoms with Crippen LogP contribution in [0.25, 0.3) is 0 Å². The number of amides is 3. The van der Waals surface area contributed by atoms with Crippen LogP contribution in [0.1, 0.15) is 64.7 Å². The zero-order chi connectivity index (χ0) is 20.8. The Morgan fingerprint density at radius 3 is 2.50 bits per heavy atom. The van der Waals surface area contributed by atoms with E-state index >= 15 is 0 Å². The fourth-order valence-electron chi connectivity index (χ4n) is 2.97. The fraction of sp³-hybridized carbons (Fsp3) is 0.667. The summed E-state index contributed by atoms with van der Waals surface area (Å²) in [6.45, 7) is 7.73. The minimum absolute atomic E-state index is 0.0302. The Labute approximate surface area is 168 Å². The van der Waals surface area contributed by atoms with Gasteiger partial charge in [0.1, 0.15) is 0 Å². The molecule has 0 saturated heterocycles. The molecule has 0 aromatic carbocycles. The summed E-state index contributed by atoms with van der Waals surface area (Å²) in [7, 11) is 0. The van der Waals surface area contributed by atoms with Crippen molar-refractivity contribution in [2.45, 2.75) is 70.8 Å². The number of carbonyl (C=O) groups excluding carboxylic acids is 3. The van der Waals surface area contributed by atoms with E-state index in [2.05, 4.69) is 24.1 Å². The van der Waals surface area contributed by atoms with Crippen LogP contribution >= 0.6 is 0 Å². The van der Waals surface area contributed by atoms with Crippen LogP contribution in [0, 0.1) is 0 Å². The van der Waals surface area contributed by atoms with Gasteiger partial charge < -0.3 is 21.3 Å². The highest BCUT2D eigenvalue weighted by molar-refractivity contribution is 5.92. The van der Waals surface area contributed by atoms with Crippen LogP contribution < -0.4 is 16.4 Å². The zero-order valence-corrected chi connectivity index (χ0v) is 17.2. The third-order valence-corrected chi connectivity index (χ3v) is 4.75. The summed E-state index contributed by atoms with van der Waals surface area (Å²) in [4.78, 5) is 36.9. The van der Waals surface area contributed by atoms with Gasteiger partial charge in [-0.2, -0.15) is 0 Å². The molecule has 28 heavy (non-hydrogen) atoms. The van der Waals surface area contributed by atoms with E-state index in [1.54, 1.807) is 11.0 Å². The van der Waals surface area contributed by atoms with Gasteiger partial charge in [-0.1, -0.05) is 32.8 Å². The van der Waals surface area contributed by atoms with Gasteiger partial charge in [0, 0.05) is 37.8 Å². The molecule has 0 radical (unpaired) electrons. The normalized spacial score (nSPS) is 14.4. The van der Waals surface area contributed by atoms with Crippen LogP contribution in [0.3, 0.4) is 0 Å². The molecular formula is C21H36N4O3. The molecule has 0 saturated carbocycles. The van der Waals surface area contributed by atoms with E-state index < -0.39 is 6.04 Å². The molecule has 0 bridgehead atoms. The molecule has 1 rings (SSSR count). The highest BCUT2D eigenvalue weighted by Crippen LogP contribution is 2.14. The fourth-order valence-corrected chi connectivity index (χ4v) is 2.97. The number of nitrogens with one attached hydrogen (secondary N) is 2. The van der Waals surface area contributed by atoms with Crippen molar-refractivity contribution >= 4 is 17.7 Å². The van der Waals surface area contributed by atoms with Crippen molar-refractivity contribution in [1.29, 1.82) is 0 Å². The monoisotopic (exact) mass is 392 g/mol. The summed E-state index contributed by atoms with van der Waals surface area (Å²) < 4.78 is 0. The molecule has 7 nitrogen and oxygen atoms in total. The largest absolute Gasteiger partial charge is 0.356 e. The quantitative estimate of drug-likeness (QED) is 0.371. The van der Waals surface area contributed by atoms with Gasteiger partial charge in [0.15, 0.2) is 0 Å². The molecule has 7 heteroatoms. The van der Waals surface area contributed by atoms with Crippen molar-refractivity contribution in [2.75, 3.05) is 19.6 Å². The lowest BCUT2D eigenvalue weighted by molar-refractivity contribution is -0.124. The number of allylic oxidation sites excluding steroid dienone is 1. The Morgan fingerprint density at radius 1 is 1.07 bits per heavy atom. The Kier molecular flexibility index (Phi) is 11.9. The highest BCUT2D eigenvalue weighted by atomic mass is 16.2. The molecule has 4 N–H and O–H groups in total. The summed E-state index contributed by atoms with van der Waals surface area (Å²) >= 11 is 0. The van der Waals surface area contributed by atoms with Crippen molar-refractivity contribution in [3.63, 3.8) is 0 Å². The van der Waals surface area contributed by atoms with E-state index in [9.17, 15) is 14.4 Å². The van der Waals surface area contributed by atoms with E-state index in [4.69, 9.17) is 5.73 Å². The van der Waals surface area contributed by atoms with Crippen molar-refractivity contribution in [3.8, 4) is 0 Å². The molecule has 1 aliphatic rings. The number of hydrogen-bond donors (Lipinski definition) is 3. The summed E-state index contributed by atoms with van der Waals surface area (Å²) in [6, 6.07) is -0.567. The van der Waals surface area contributed by atoms with Gasteiger partial charge in [0.25, 0.3) is 5.91 Å². The van der Waals surface area contributed by atoms with Crippen LogP contribution in [-0.2, 0) is 14.4 Å². The first-order chi connectivity index (χ1) is 13.5. The van der Waals surface area contributed by atoms with Crippen molar-refractivity contribution in [1.82, 2.24) is 15.5 Å². The standard InChI is InChI=1S/C21H36N4O3/c1-3-4-5-7-14-23-19(26)11-9-15-24-21(28)18(22)10-6-8-16-25-17(2)12-13-20(25)27/h12-13,18H,2-11,14-16,22H2,1H3,(H,23,26)(H,24,28). The first kappa shape index (κ1) is 23.9. The maximum Gasteiger partial charge on any atom is 0.251 e. The molecule has 1 heterocycles. The Hall–Kier alpha value is -2.15. The number of hydrogen-bond acceptors (Lipinski definition) is 4. The number of unbranched alkanes of at least 4 members (excludes halogenated alkanes) is 4. The SMILES string of the molecule is C=C1C=CC(=O)N1CCCCC(N)C(=O)NCCCC(=O)NCCCCCC. The third kappa shape index (κ3) is 9.69. The van der Waals surface area contributed by atoms with Crippen molar-refractivity contribution in [3.05, 3.63) is 24.4 Å². The van der Waals surface area contributed by atoms with Gasteiger partial charge >= 0.3 is 0 Å². The predicted molar refractivity (Wildman–Crippen MR) is 111 cm³/mol. The maximum absolute atomic E-state index is 12.0. The average molecular weight is 393 g/mol. The average Bonchev–Trinajstić information content (AvgIpc) is 2.99. The van der Waals surface area contributed by atoms with Crippen LogP contribution in [0.5, 0.6) is 0 Å². The lowest BCUT2D eigenvalue weighted by Crippen LogP contribution is -2.41. The lowest BCUT2D eigenvalue weighted by Gasteiger charge is -2.17. The minimum Gasteiger partial charge on any atom is -0.356 e.